The molecule has 6 nitrogen and oxygen atoms in total. The van der Waals surface area contributed by atoms with Gasteiger partial charge in [0.2, 0.25) is 0 Å². The second-order valence-electron chi connectivity index (χ2n) is 6.64. The van der Waals surface area contributed by atoms with Gasteiger partial charge < -0.3 is 20.1 Å². The first-order chi connectivity index (χ1) is 12.8. The zero-order valence-corrected chi connectivity index (χ0v) is 16.4. The molecule has 2 heterocycles. The van der Waals surface area contributed by atoms with Crippen LogP contribution in [0.5, 0.6) is 5.75 Å². The predicted molar refractivity (Wildman–Crippen MR) is 108 cm³/mol. The zero-order valence-electron chi connectivity index (χ0n) is 15.6. The van der Waals surface area contributed by atoms with Gasteiger partial charge in [-0.3, -0.25) is 9.89 Å². The Morgan fingerprint density at radius 2 is 2.08 bits per heavy atom. The fourth-order valence-corrected chi connectivity index (χ4v) is 4.94. The van der Waals surface area contributed by atoms with Crippen molar-refractivity contribution in [2.24, 2.45) is 4.99 Å². The Kier molecular flexibility index (Phi) is 7.46. The van der Waals surface area contributed by atoms with Crippen LogP contribution in [-0.4, -0.2) is 81.0 Å². The lowest BCUT2D eigenvalue weighted by Crippen LogP contribution is -2.60. The molecule has 2 aliphatic rings. The molecule has 0 bridgehead atoms. The van der Waals surface area contributed by atoms with E-state index >= 15 is 0 Å². The van der Waals surface area contributed by atoms with Crippen molar-refractivity contribution in [1.29, 1.82) is 0 Å². The highest BCUT2D eigenvalue weighted by atomic mass is 32.2. The summed E-state index contributed by atoms with van der Waals surface area (Å²) in [4.78, 5) is 6.97. The van der Waals surface area contributed by atoms with Crippen molar-refractivity contribution in [3.8, 4) is 5.75 Å². The number of aliphatic imine (C=N–C) groups is 1. The van der Waals surface area contributed by atoms with E-state index in [4.69, 9.17) is 9.47 Å². The molecule has 0 radical (unpaired) electrons. The second-order valence-corrected chi connectivity index (χ2v) is 7.75. The summed E-state index contributed by atoms with van der Waals surface area (Å²) in [5.74, 6) is 4.14. The normalized spacial score (nSPS) is 24.4. The summed E-state index contributed by atoms with van der Waals surface area (Å²) in [7, 11) is 1.82. The van der Waals surface area contributed by atoms with Crippen molar-refractivity contribution < 1.29 is 9.47 Å². The van der Waals surface area contributed by atoms with Crippen LogP contribution in [0.2, 0.25) is 0 Å². The van der Waals surface area contributed by atoms with Gasteiger partial charge in [0.05, 0.1) is 19.8 Å². The van der Waals surface area contributed by atoms with Crippen LogP contribution in [0.25, 0.3) is 0 Å². The first kappa shape index (κ1) is 19.3. The number of nitrogens with zero attached hydrogens (tertiary/aromatic N) is 2. The lowest BCUT2D eigenvalue weighted by molar-refractivity contribution is -0.0120. The van der Waals surface area contributed by atoms with Crippen LogP contribution in [0, 0.1) is 0 Å². The first-order valence-electron chi connectivity index (χ1n) is 9.35. The zero-order chi connectivity index (χ0) is 18.1. The molecule has 2 saturated heterocycles. The molecule has 1 atom stereocenters. The molecule has 7 heteroatoms. The number of hydrogen-bond donors (Lipinski definition) is 2. The summed E-state index contributed by atoms with van der Waals surface area (Å²) in [6, 6.07) is 9.89. The van der Waals surface area contributed by atoms with E-state index in [-0.39, 0.29) is 5.54 Å². The van der Waals surface area contributed by atoms with Gasteiger partial charge in [-0.1, -0.05) is 18.2 Å². The number of nitrogens with one attached hydrogen (secondary N) is 2. The maximum Gasteiger partial charge on any atom is 0.191 e. The smallest absolute Gasteiger partial charge is 0.191 e. The van der Waals surface area contributed by atoms with Crippen LogP contribution in [0.1, 0.15) is 6.42 Å². The standard InChI is InChI=1S/C19H30N4O2S/c1-20-18(21-8-11-25-17-5-3-2-4-6-17)22-15-19(7-14-26-16-19)23-9-12-24-13-10-23/h2-6H,7-16H2,1H3,(H2,20,21,22). The summed E-state index contributed by atoms with van der Waals surface area (Å²) < 4.78 is 11.3. The summed E-state index contributed by atoms with van der Waals surface area (Å²) in [6.45, 7) is 5.98. The van der Waals surface area contributed by atoms with Crippen LogP contribution < -0.4 is 15.4 Å². The molecule has 26 heavy (non-hydrogen) atoms. The maximum absolute atomic E-state index is 5.72. The molecular formula is C19H30N4O2S. The summed E-state index contributed by atoms with van der Waals surface area (Å²) in [5.41, 5.74) is 0.215. The molecule has 2 N–H and O–H groups in total. The molecule has 0 saturated carbocycles. The lowest BCUT2D eigenvalue weighted by atomic mass is 9.95. The largest absolute Gasteiger partial charge is 0.492 e. The van der Waals surface area contributed by atoms with Crippen molar-refractivity contribution in [3.05, 3.63) is 30.3 Å². The van der Waals surface area contributed by atoms with Gasteiger partial charge in [-0.2, -0.15) is 11.8 Å². The molecule has 0 spiro atoms. The minimum absolute atomic E-state index is 0.215. The molecule has 0 aliphatic carbocycles. The molecule has 0 aromatic heterocycles. The molecule has 0 amide bonds. The van der Waals surface area contributed by atoms with E-state index in [0.29, 0.717) is 13.2 Å². The summed E-state index contributed by atoms with van der Waals surface area (Å²) in [5, 5.41) is 6.88. The number of rotatable bonds is 7. The van der Waals surface area contributed by atoms with Crippen LogP contribution in [0.3, 0.4) is 0 Å². The van der Waals surface area contributed by atoms with E-state index < -0.39 is 0 Å². The molecule has 1 aromatic carbocycles. The Morgan fingerprint density at radius 3 is 2.77 bits per heavy atom. The van der Waals surface area contributed by atoms with Gasteiger partial charge in [0.1, 0.15) is 12.4 Å². The SMILES string of the molecule is CN=C(NCCOc1ccccc1)NCC1(N2CCOCC2)CCSC1. The highest BCUT2D eigenvalue weighted by molar-refractivity contribution is 7.99. The topological polar surface area (TPSA) is 58.1 Å². The van der Waals surface area contributed by atoms with E-state index in [1.807, 2.05) is 37.4 Å². The lowest BCUT2D eigenvalue weighted by Gasteiger charge is -2.43. The molecule has 1 unspecified atom stereocenters. The van der Waals surface area contributed by atoms with Crippen LogP contribution in [0.4, 0.5) is 0 Å². The number of para-hydroxylation sites is 1. The number of benzene rings is 1. The number of ether oxygens (including phenoxy) is 2. The van der Waals surface area contributed by atoms with E-state index in [1.54, 1.807) is 0 Å². The van der Waals surface area contributed by atoms with Crippen LogP contribution in [-0.2, 0) is 4.74 Å². The third-order valence-electron chi connectivity index (χ3n) is 4.98. The monoisotopic (exact) mass is 378 g/mol. The van der Waals surface area contributed by atoms with E-state index in [1.165, 1.54) is 17.9 Å². The molecule has 3 rings (SSSR count). The second kappa shape index (κ2) is 10.0. The van der Waals surface area contributed by atoms with E-state index in [0.717, 1.165) is 44.6 Å². The Labute approximate surface area is 160 Å². The van der Waals surface area contributed by atoms with E-state index in [2.05, 4.69) is 32.3 Å². The van der Waals surface area contributed by atoms with Crippen molar-refractivity contribution >= 4 is 17.7 Å². The number of hydrogen-bond acceptors (Lipinski definition) is 5. The maximum atomic E-state index is 5.72. The number of guanidine groups is 1. The number of morpholine rings is 1. The van der Waals surface area contributed by atoms with Gasteiger partial charge in [0.25, 0.3) is 0 Å². The Balaban J connectivity index is 1.43. The van der Waals surface area contributed by atoms with Crippen LogP contribution in [0.15, 0.2) is 35.3 Å². The summed E-state index contributed by atoms with van der Waals surface area (Å²) in [6.07, 6.45) is 1.22. The minimum Gasteiger partial charge on any atom is -0.492 e. The average molecular weight is 379 g/mol. The van der Waals surface area contributed by atoms with Crippen molar-refractivity contribution in [1.82, 2.24) is 15.5 Å². The molecule has 144 valence electrons. The molecule has 2 aliphatic heterocycles. The third kappa shape index (κ3) is 5.28. The van der Waals surface area contributed by atoms with Crippen molar-refractivity contribution in [2.45, 2.75) is 12.0 Å². The van der Waals surface area contributed by atoms with Gasteiger partial charge in [0.15, 0.2) is 5.96 Å². The van der Waals surface area contributed by atoms with E-state index in [9.17, 15) is 0 Å². The van der Waals surface area contributed by atoms with Gasteiger partial charge in [-0.05, 0) is 24.3 Å². The van der Waals surface area contributed by atoms with Gasteiger partial charge in [-0.15, -0.1) is 0 Å². The number of thioether (sulfide) groups is 1. The Hall–Kier alpha value is -1.44. The van der Waals surface area contributed by atoms with Gasteiger partial charge in [-0.25, -0.2) is 0 Å². The highest BCUT2D eigenvalue weighted by Crippen LogP contribution is 2.33. The first-order valence-corrected chi connectivity index (χ1v) is 10.5. The highest BCUT2D eigenvalue weighted by Gasteiger charge is 2.40. The van der Waals surface area contributed by atoms with Crippen molar-refractivity contribution in [3.63, 3.8) is 0 Å². The molecule has 1 aromatic rings. The van der Waals surface area contributed by atoms with Crippen molar-refractivity contribution in [2.75, 3.05) is 64.6 Å². The van der Waals surface area contributed by atoms with Crippen LogP contribution >= 0.6 is 11.8 Å². The Bertz CT molecular complexity index is 558. The Morgan fingerprint density at radius 1 is 1.27 bits per heavy atom. The quantitative estimate of drug-likeness (QED) is 0.425. The summed E-state index contributed by atoms with van der Waals surface area (Å²) >= 11 is 2.05. The van der Waals surface area contributed by atoms with Gasteiger partial charge in [0, 0.05) is 38.0 Å². The van der Waals surface area contributed by atoms with Gasteiger partial charge >= 0.3 is 0 Å². The minimum atomic E-state index is 0.215. The molecule has 2 fully saturated rings. The fourth-order valence-electron chi connectivity index (χ4n) is 3.46. The average Bonchev–Trinajstić information content (AvgIpc) is 3.19. The third-order valence-corrected chi connectivity index (χ3v) is 6.21. The predicted octanol–water partition coefficient (Wildman–Crippen LogP) is 1.44. The fraction of sp³-hybridized carbons (Fsp3) is 0.632. The molecular weight excluding hydrogens is 348 g/mol.